The maximum atomic E-state index is 13.4. The summed E-state index contributed by atoms with van der Waals surface area (Å²) in [6.45, 7) is 0.246. The summed E-state index contributed by atoms with van der Waals surface area (Å²) < 4.78 is 23.0. The number of thioether (sulfide) groups is 1. The van der Waals surface area contributed by atoms with Gasteiger partial charge in [0.1, 0.15) is 11.5 Å². The minimum Gasteiger partial charge on any atom is -0.495 e. The number of carbonyl (C=O) groups is 1. The minimum absolute atomic E-state index is 0.00365. The predicted octanol–water partition coefficient (Wildman–Crippen LogP) is 4.16. The zero-order valence-corrected chi connectivity index (χ0v) is 19.4. The van der Waals surface area contributed by atoms with Crippen LogP contribution in [0.1, 0.15) is 5.76 Å². The summed E-state index contributed by atoms with van der Waals surface area (Å²) in [6, 6.07) is 11.7. The van der Waals surface area contributed by atoms with Gasteiger partial charge in [-0.3, -0.25) is 14.2 Å². The third-order valence-electron chi connectivity index (χ3n) is 5.08. The summed E-state index contributed by atoms with van der Waals surface area (Å²) in [4.78, 5) is 30.7. The SMILES string of the molecule is COc1ccc(Cl)cc1NC(=O)CSc1nc2cc3c(cc2c(=O)n1Cc1ccco1)OCO3. The van der Waals surface area contributed by atoms with Crippen molar-refractivity contribution in [3.63, 3.8) is 0 Å². The molecular formula is C23H18ClN3O6S. The Labute approximate surface area is 202 Å². The fraction of sp³-hybridized carbons (Fsp3) is 0.174. The quantitative estimate of drug-likeness (QED) is 0.298. The van der Waals surface area contributed by atoms with Gasteiger partial charge in [-0.15, -0.1) is 0 Å². The summed E-state index contributed by atoms with van der Waals surface area (Å²) in [5, 5.41) is 3.99. The highest BCUT2D eigenvalue weighted by molar-refractivity contribution is 7.99. The number of fused-ring (bicyclic) bond motifs is 2. The van der Waals surface area contributed by atoms with Crippen LogP contribution in [0.3, 0.4) is 0 Å². The van der Waals surface area contributed by atoms with Gasteiger partial charge >= 0.3 is 0 Å². The molecular weight excluding hydrogens is 482 g/mol. The minimum atomic E-state index is -0.310. The highest BCUT2D eigenvalue weighted by Gasteiger charge is 2.20. The van der Waals surface area contributed by atoms with E-state index < -0.39 is 0 Å². The van der Waals surface area contributed by atoms with Crippen LogP contribution in [0.15, 0.2) is 63.1 Å². The number of halogens is 1. The van der Waals surface area contributed by atoms with Gasteiger partial charge in [-0.1, -0.05) is 23.4 Å². The fourth-order valence-electron chi connectivity index (χ4n) is 3.49. The third kappa shape index (κ3) is 4.42. The van der Waals surface area contributed by atoms with Gasteiger partial charge in [0.05, 0.1) is 42.3 Å². The molecule has 1 aliphatic rings. The molecule has 1 amide bonds. The zero-order chi connectivity index (χ0) is 23.7. The third-order valence-corrected chi connectivity index (χ3v) is 6.29. The Morgan fingerprint density at radius 2 is 2.06 bits per heavy atom. The summed E-state index contributed by atoms with van der Waals surface area (Å²) in [5.41, 5.74) is 0.622. The maximum absolute atomic E-state index is 13.4. The van der Waals surface area contributed by atoms with Gasteiger partial charge in [-0.05, 0) is 36.4 Å². The van der Waals surface area contributed by atoms with Crippen molar-refractivity contribution in [2.24, 2.45) is 0 Å². The molecule has 0 bridgehead atoms. The van der Waals surface area contributed by atoms with Gasteiger partial charge in [-0.2, -0.15) is 0 Å². The molecule has 3 heterocycles. The second-order valence-corrected chi connectivity index (χ2v) is 8.65. The molecule has 174 valence electrons. The van der Waals surface area contributed by atoms with Crippen LogP contribution in [0.25, 0.3) is 10.9 Å². The lowest BCUT2D eigenvalue weighted by molar-refractivity contribution is -0.113. The molecule has 2 aromatic heterocycles. The summed E-state index contributed by atoms with van der Waals surface area (Å²) in [6.07, 6.45) is 1.53. The molecule has 0 saturated carbocycles. The number of carbonyl (C=O) groups excluding carboxylic acids is 1. The van der Waals surface area contributed by atoms with Crippen LogP contribution in [-0.4, -0.2) is 35.1 Å². The number of benzene rings is 2. The molecule has 2 aromatic carbocycles. The van der Waals surface area contributed by atoms with Crippen LogP contribution in [0.4, 0.5) is 5.69 Å². The molecule has 0 unspecified atom stereocenters. The van der Waals surface area contributed by atoms with Gasteiger partial charge < -0.3 is 23.9 Å². The van der Waals surface area contributed by atoms with E-state index in [1.54, 1.807) is 42.5 Å². The summed E-state index contributed by atoms with van der Waals surface area (Å²) in [7, 11) is 1.51. The number of rotatable bonds is 7. The number of hydrogen-bond donors (Lipinski definition) is 1. The van der Waals surface area contributed by atoms with Crippen molar-refractivity contribution in [1.82, 2.24) is 9.55 Å². The number of methoxy groups -OCH3 is 1. The maximum Gasteiger partial charge on any atom is 0.262 e. The average molecular weight is 500 g/mol. The van der Waals surface area contributed by atoms with Gasteiger partial charge in [0, 0.05) is 11.1 Å². The molecule has 11 heteroatoms. The molecule has 34 heavy (non-hydrogen) atoms. The second-order valence-electron chi connectivity index (χ2n) is 7.27. The normalized spacial score (nSPS) is 12.2. The second kappa shape index (κ2) is 9.32. The summed E-state index contributed by atoms with van der Waals surface area (Å²) >= 11 is 7.17. The Morgan fingerprint density at radius 3 is 2.82 bits per heavy atom. The molecule has 1 N–H and O–H groups in total. The first-order valence-corrected chi connectivity index (χ1v) is 11.5. The average Bonchev–Trinajstić information content (AvgIpc) is 3.50. The smallest absolute Gasteiger partial charge is 0.262 e. The molecule has 0 atom stereocenters. The number of aromatic nitrogens is 2. The van der Waals surface area contributed by atoms with Crippen LogP contribution < -0.4 is 25.1 Å². The molecule has 0 radical (unpaired) electrons. The van der Waals surface area contributed by atoms with Gasteiger partial charge in [0.2, 0.25) is 12.7 Å². The lowest BCUT2D eigenvalue weighted by Crippen LogP contribution is -2.24. The lowest BCUT2D eigenvalue weighted by atomic mass is 10.2. The van der Waals surface area contributed by atoms with Crippen molar-refractivity contribution < 1.29 is 23.4 Å². The zero-order valence-electron chi connectivity index (χ0n) is 17.9. The first-order chi connectivity index (χ1) is 16.5. The lowest BCUT2D eigenvalue weighted by Gasteiger charge is -2.13. The molecule has 5 rings (SSSR count). The van der Waals surface area contributed by atoms with Crippen LogP contribution in [-0.2, 0) is 11.3 Å². The molecule has 9 nitrogen and oxygen atoms in total. The first kappa shape index (κ1) is 22.2. The predicted molar refractivity (Wildman–Crippen MR) is 127 cm³/mol. The number of hydrogen-bond acceptors (Lipinski definition) is 8. The van der Waals surface area contributed by atoms with E-state index in [-0.39, 0.29) is 30.6 Å². The Hall–Kier alpha value is -3.63. The Kier molecular flexibility index (Phi) is 6.08. The summed E-state index contributed by atoms with van der Waals surface area (Å²) in [5.74, 6) is 1.76. The molecule has 1 aliphatic heterocycles. The van der Waals surface area contributed by atoms with Crippen LogP contribution in [0.5, 0.6) is 17.2 Å². The molecule has 0 spiro atoms. The van der Waals surface area contributed by atoms with Crippen molar-refractivity contribution >= 4 is 45.9 Å². The van der Waals surface area contributed by atoms with Crippen molar-refractivity contribution in [2.45, 2.75) is 11.7 Å². The van der Waals surface area contributed by atoms with Crippen molar-refractivity contribution in [3.8, 4) is 17.2 Å². The topological polar surface area (TPSA) is 105 Å². The van der Waals surface area contributed by atoms with Crippen LogP contribution >= 0.6 is 23.4 Å². The first-order valence-electron chi connectivity index (χ1n) is 10.1. The van der Waals surface area contributed by atoms with Crippen molar-refractivity contribution in [3.05, 3.63) is 69.9 Å². The largest absolute Gasteiger partial charge is 0.495 e. The van der Waals surface area contributed by atoms with E-state index in [0.29, 0.717) is 49.8 Å². The Bertz CT molecular complexity index is 1440. The Morgan fingerprint density at radius 1 is 1.24 bits per heavy atom. The Balaban J connectivity index is 1.45. The van der Waals surface area contributed by atoms with Crippen LogP contribution in [0.2, 0.25) is 5.02 Å². The van der Waals surface area contributed by atoms with E-state index in [9.17, 15) is 9.59 Å². The van der Waals surface area contributed by atoms with Gasteiger partial charge in [0.15, 0.2) is 16.7 Å². The van der Waals surface area contributed by atoms with Crippen molar-refractivity contribution in [1.29, 1.82) is 0 Å². The highest BCUT2D eigenvalue weighted by atomic mass is 35.5. The number of amides is 1. The molecule has 0 aliphatic carbocycles. The van der Waals surface area contributed by atoms with Gasteiger partial charge in [-0.25, -0.2) is 4.98 Å². The molecule has 4 aromatic rings. The van der Waals surface area contributed by atoms with Crippen molar-refractivity contribution in [2.75, 3.05) is 25.0 Å². The van der Waals surface area contributed by atoms with E-state index in [1.165, 1.54) is 17.9 Å². The van der Waals surface area contributed by atoms with E-state index >= 15 is 0 Å². The van der Waals surface area contributed by atoms with Crippen LogP contribution in [0, 0.1) is 0 Å². The number of furan rings is 1. The molecule has 0 saturated heterocycles. The molecule has 0 fully saturated rings. The standard InChI is InChI=1S/C23H18ClN3O6S/c1-30-18-5-4-13(24)7-17(18)25-21(28)11-34-23-26-16-9-20-19(32-12-33-20)8-15(16)22(29)27(23)10-14-3-2-6-31-14/h2-9H,10-12H2,1H3,(H,25,28). The monoisotopic (exact) mass is 499 g/mol. The van der Waals surface area contributed by atoms with E-state index in [4.69, 9.17) is 30.2 Å². The number of ether oxygens (including phenoxy) is 3. The fourth-order valence-corrected chi connectivity index (χ4v) is 4.46. The number of nitrogens with one attached hydrogen (secondary N) is 1. The highest BCUT2D eigenvalue weighted by Crippen LogP contribution is 2.35. The van der Waals surface area contributed by atoms with E-state index in [1.807, 2.05) is 0 Å². The van der Waals surface area contributed by atoms with E-state index in [0.717, 1.165) is 11.8 Å². The number of nitrogens with zero attached hydrogens (tertiary/aromatic N) is 2. The van der Waals surface area contributed by atoms with E-state index in [2.05, 4.69) is 10.3 Å². The number of anilines is 1. The van der Waals surface area contributed by atoms with Gasteiger partial charge in [0.25, 0.3) is 5.56 Å².